The monoisotopic (exact) mass is 212 g/mol. The van der Waals surface area contributed by atoms with Crippen LogP contribution in [0.5, 0.6) is 0 Å². The number of thioether (sulfide) groups is 2. The van der Waals surface area contributed by atoms with Gasteiger partial charge in [0.2, 0.25) is 0 Å². The largest absolute Gasteiger partial charge is 0.143 e. The summed E-state index contributed by atoms with van der Waals surface area (Å²) in [5.74, 6) is 0.882. The molecule has 0 unspecified atom stereocenters. The summed E-state index contributed by atoms with van der Waals surface area (Å²) in [5, 5.41) is 10.2. The van der Waals surface area contributed by atoms with Gasteiger partial charge in [0.05, 0.1) is 0 Å². The fraction of sp³-hybridized carbons (Fsp3) is 0.333. The summed E-state index contributed by atoms with van der Waals surface area (Å²) in [7, 11) is 0. The first-order chi connectivity index (χ1) is 6.27. The normalized spacial score (nSPS) is 10.0. The molecule has 70 valence electrons. The molecule has 4 heteroatoms. The van der Waals surface area contributed by atoms with E-state index in [9.17, 15) is 0 Å². The molecule has 0 radical (unpaired) electrons. The molecule has 1 aromatic heterocycles. The third-order valence-electron chi connectivity index (χ3n) is 1.46. The van der Waals surface area contributed by atoms with Crippen molar-refractivity contribution >= 4 is 23.5 Å². The lowest BCUT2D eigenvalue weighted by atomic mass is 10.4. The summed E-state index contributed by atoms with van der Waals surface area (Å²) in [6.07, 6.45) is 3.87. The number of nitrogens with zero attached hydrogens (tertiary/aromatic N) is 2. The molecule has 0 N–H and O–H groups in total. The van der Waals surface area contributed by atoms with Crippen molar-refractivity contribution in [3.05, 3.63) is 24.3 Å². The number of rotatable bonds is 4. The Bertz CT molecular complexity index is 300. The predicted octanol–water partition coefficient (Wildman–Crippen LogP) is 2.79. The third-order valence-corrected chi connectivity index (χ3v) is 3.15. The van der Waals surface area contributed by atoms with Gasteiger partial charge >= 0.3 is 0 Å². The summed E-state index contributed by atoms with van der Waals surface area (Å²) >= 11 is 3.28. The van der Waals surface area contributed by atoms with Crippen LogP contribution in [0.2, 0.25) is 0 Å². The highest BCUT2D eigenvalue weighted by Crippen LogP contribution is 2.21. The van der Waals surface area contributed by atoms with Crippen molar-refractivity contribution in [1.82, 2.24) is 10.2 Å². The lowest BCUT2D eigenvalue weighted by Crippen LogP contribution is -1.91. The molecule has 0 spiro atoms. The second-order valence-electron chi connectivity index (χ2n) is 2.47. The molecule has 0 atom stereocenters. The summed E-state index contributed by atoms with van der Waals surface area (Å²) in [4.78, 5) is 0. The smallest absolute Gasteiger partial charge is 0.121 e. The van der Waals surface area contributed by atoms with Crippen molar-refractivity contribution in [2.75, 3.05) is 12.0 Å². The lowest BCUT2D eigenvalue weighted by molar-refractivity contribution is 0.838. The Kier molecular flexibility index (Phi) is 4.32. The zero-order valence-corrected chi connectivity index (χ0v) is 9.41. The topological polar surface area (TPSA) is 25.8 Å². The number of aryl methyl sites for hydroxylation is 1. The molecule has 1 rings (SSSR count). The van der Waals surface area contributed by atoms with E-state index in [0.717, 1.165) is 15.8 Å². The Balaban J connectivity index is 2.76. The fourth-order valence-electron chi connectivity index (χ4n) is 0.866. The molecule has 0 aliphatic heterocycles. The first kappa shape index (κ1) is 10.6. The van der Waals surface area contributed by atoms with E-state index < -0.39 is 0 Å². The third kappa shape index (κ3) is 3.04. The molecule has 0 fully saturated rings. The van der Waals surface area contributed by atoms with E-state index in [-0.39, 0.29) is 0 Å². The second kappa shape index (κ2) is 5.29. The summed E-state index contributed by atoms with van der Waals surface area (Å²) in [6, 6.07) is 2.06. The van der Waals surface area contributed by atoms with Crippen molar-refractivity contribution in [2.24, 2.45) is 0 Å². The van der Waals surface area contributed by atoms with Gasteiger partial charge in [-0.3, -0.25) is 0 Å². The van der Waals surface area contributed by atoms with Gasteiger partial charge in [-0.1, -0.05) is 6.08 Å². The molecular formula is C9H12N2S2. The number of hydrogen-bond donors (Lipinski definition) is 0. The number of hydrogen-bond acceptors (Lipinski definition) is 4. The molecule has 2 nitrogen and oxygen atoms in total. The van der Waals surface area contributed by atoms with E-state index in [2.05, 4.69) is 29.8 Å². The van der Waals surface area contributed by atoms with Gasteiger partial charge in [-0.2, -0.15) is 0 Å². The van der Waals surface area contributed by atoms with Crippen LogP contribution in [0.25, 0.3) is 0 Å². The van der Waals surface area contributed by atoms with Crippen LogP contribution in [0.1, 0.15) is 5.56 Å². The van der Waals surface area contributed by atoms with Gasteiger partial charge in [0, 0.05) is 5.75 Å². The molecule has 0 saturated carbocycles. The van der Waals surface area contributed by atoms with Crippen LogP contribution >= 0.6 is 23.5 Å². The molecular weight excluding hydrogens is 200 g/mol. The average Bonchev–Trinajstić information content (AvgIpc) is 2.15. The zero-order chi connectivity index (χ0) is 9.68. The second-order valence-corrected chi connectivity index (χ2v) is 4.31. The fourth-order valence-corrected chi connectivity index (χ4v) is 2.02. The maximum absolute atomic E-state index is 4.11. The molecule has 1 aromatic rings. The Morgan fingerprint density at radius 1 is 1.54 bits per heavy atom. The van der Waals surface area contributed by atoms with E-state index in [0.29, 0.717) is 0 Å². The van der Waals surface area contributed by atoms with Crippen LogP contribution in [0.3, 0.4) is 0 Å². The Morgan fingerprint density at radius 2 is 2.31 bits per heavy atom. The molecule has 0 bridgehead atoms. The summed E-state index contributed by atoms with van der Waals surface area (Å²) in [5.41, 5.74) is 1.19. The van der Waals surface area contributed by atoms with Gasteiger partial charge in [-0.05, 0) is 24.8 Å². The Morgan fingerprint density at radius 3 is 2.85 bits per heavy atom. The van der Waals surface area contributed by atoms with E-state index in [4.69, 9.17) is 0 Å². The van der Waals surface area contributed by atoms with Gasteiger partial charge in [0.25, 0.3) is 0 Å². The summed E-state index contributed by atoms with van der Waals surface area (Å²) < 4.78 is 0. The van der Waals surface area contributed by atoms with Gasteiger partial charge in [0.1, 0.15) is 10.1 Å². The zero-order valence-electron chi connectivity index (χ0n) is 7.78. The molecule has 0 amide bonds. The SMILES string of the molecule is C=CCSc1cc(C)c(SC)nn1. The highest BCUT2D eigenvalue weighted by atomic mass is 32.2. The van der Waals surface area contributed by atoms with Crippen LogP contribution in [0, 0.1) is 6.92 Å². The summed E-state index contributed by atoms with van der Waals surface area (Å²) in [6.45, 7) is 5.71. The van der Waals surface area contributed by atoms with Crippen molar-refractivity contribution in [1.29, 1.82) is 0 Å². The maximum Gasteiger partial charge on any atom is 0.121 e. The molecule has 0 aromatic carbocycles. The van der Waals surface area contributed by atoms with Gasteiger partial charge in [0.15, 0.2) is 0 Å². The average molecular weight is 212 g/mol. The predicted molar refractivity (Wildman–Crippen MR) is 59.5 cm³/mol. The minimum absolute atomic E-state index is 0.882. The number of aromatic nitrogens is 2. The molecule has 0 aliphatic rings. The first-order valence-electron chi connectivity index (χ1n) is 3.90. The van der Waals surface area contributed by atoms with Crippen molar-refractivity contribution in [2.45, 2.75) is 17.0 Å². The van der Waals surface area contributed by atoms with E-state index >= 15 is 0 Å². The molecule has 13 heavy (non-hydrogen) atoms. The molecule has 1 heterocycles. The minimum Gasteiger partial charge on any atom is -0.143 e. The molecule has 0 aliphatic carbocycles. The lowest BCUT2D eigenvalue weighted by Gasteiger charge is -2.01. The van der Waals surface area contributed by atoms with Crippen LogP contribution in [-0.4, -0.2) is 22.2 Å². The minimum atomic E-state index is 0.882. The highest BCUT2D eigenvalue weighted by Gasteiger charge is 2.01. The van der Waals surface area contributed by atoms with Crippen molar-refractivity contribution in [3.8, 4) is 0 Å². The van der Waals surface area contributed by atoms with Crippen molar-refractivity contribution in [3.63, 3.8) is 0 Å². The van der Waals surface area contributed by atoms with E-state index in [1.165, 1.54) is 5.56 Å². The van der Waals surface area contributed by atoms with Crippen LogP contribution < -0.4 is 0 Å². The Labute approximate surface area is 87.2 Å². The van der Waals surface area contributed by atoms with Crippen LogP contribution in [0.4, 0.5) is 0 Å². The first-order valence-corrected chi connectivity index (χ1v) is 6.11. The maximum atomic E-state index is 4.11. The van der Waals surface area contributed by atoms with Crippen LogP contribution in [-0.2, 0) is 0 Å². The van der Waals surface area contributed by atoms with E-state index in [1.807, 2.05) is 12.3 Å². The van der Waals surface area contributed by atoms with Crippen LogP contribution in [0.15, 0.2) is 28.8 Å². The standard InChI is InChI=1S/C9H12N2S2/c1-4-5-13-8-6-7(2)9(12-3)11-10-8/h4,6H,1,5H2,2-3H3. The molecule has 0 saturated heterocycles. The van der Waals surface area contributed by atoms with E-state index in [1.54, 1.807) is 23.5 Å². The van der Waals surface area contributed by atoms with Gasteiger partial charge in [-0.15, -0.1) is 40.3 Å². The van der Waals surface area contributed by atoms with Gasteiger partial charge < -0.3 is 0 Å². The van der Waals surface area contributed by atoms with Crippen molar-refractivity contribution < 1.29 is 0 Å². The quantitative estimate of drug-likeness (QED) is 0.566. The Hall–Kier alpha value is -0.480. The highest BCUT2D eigenvalue weighted by molar-refractivity contribution is 7.99. The van der Waals surface area contributed by atoms with Gasteiger partial charge in [-0.25, -0.2) is 0 Å².